The summed E-state index contributed by atoms with van der Waals surface area (Å²) < 4.78 is 11.8. The average molecular weight is 245 g/mol. The zero-order valence-corrected chi connectivity index (χ0v) is 11.1. The summed E-state index contributed by atoms with van der Waals surface area (Å²) in [6.07, 6.45) is 2.75. The van der Waals surface area contributed by atoms with Crippen LogP contribution >= 0.6 is 11.8 Å². The van der Waals surface area contributed by atoms with Crippen LogP contribution in [0.4, 0.5) is 0 Å². The maximum atomic E-state index is 6.09. The van der Waals surface area contributed by atoms with Crippen LogP contribution in [0.25, 0.3) is 0 Å². The van der Waals surface area contributed by atoms with Crippen LogP contribution in [-0.2, 0) is 9.47 Å². The van der Waals surface area contributed by atoms with Gasteiger partial charge in [-0.25, -0.2) is 0 Å². The van der Waals surface area contributed by atoms with Crippen molar-refractivity contribution in [2.24, 2.45) is 0 Å². The molecule has 2 unspecified atom stereocenters. The fourth-order valence-corrected chi connectivity index (χ4v) is 3.72. The molecular weight excluding hydrogens is 222 g/mol. The third kappa shape index (κ3) is 2.92. The highest BCUT2D eigenvalue weighted by atomic mass is 32.2. The monoisotopic (exact) mass is 245 g/mol. The Hall–Kier alpha value is 0.230. The maximum Gasteiger partial charge on any atom is 0.0947 e. The minimum Gasteiger partial charge on any atom is -0.377 e. The zero-order valence-electron chi connectivity index (χ0n) is 10.3. The first kappa shape index (κ1) is 12.7. The summed E-state index contributed by atoms with van der Waals surface area (Å²) in [5.74, 6) is 2.40. The topological polar surface area (TPSA) is 30.5 Å². The van der Waals surface area contributed by atoms with Gasteiger partial charge < -0.3 is 14.8 Å². The van der Waals surface area contributed by atoms with Crippen molar-refractivity contribution < 1.29 is 9.47 Å². The number of nitrogens with one attached hydrogen (secondary N) is 1. The van der Waals surface area contributed by atoms with Gasteiger partial charge in [-0.2, -0.15) is 11.8 Å². The Morgan fingerprint density at radius 1 is 1.56 bits per heavy atom. The van der Waals surface area contributed by atoms with Crippen molar-refractivity contribution in [1.82, 2.24) is 5.32 Å². The maximum absolute atomic E-state index is 6.09. The summed E-state index contributed by atoms with van der Waals surface area (Å²) >= 11 is 2.02. The van der Waals surface area contributed by atoms with E-state index in [9.17, 15) is 0 Å². The van der Waals surface area contributed by atoms with Gasteiger partial charge in [0.05, 0.1) is 31.0 Å². The molecular formula is C12H23NO2S. The Bertz CT molecular complexity index is 209. The van der Waals surface area contributed by atoms with Gasteiger partial charge in [-0.3, -0.25) is 0 Å². The van der Waals surface area contributed by atoms with Crippen molar-refractivity contribution in [2.75, 3.05) is 31.3 Å². The molecule has 3 nitrogen and oxygen atoms in total. The Morgan fingerprint density at radius 2 is 2.44 bits per heavy atom. The Kier molecular flexibility index (Phi) is 4.53. The van der Waals surface area contributed by atoms with E-state index in [0.717, 1.165) is 25.5 Å². The number of ether oxygens (including phenoxy) is 2. The van der Waals surface area contributed by atoms with E-state index in [4.69, 9.17) is 9.47 Å². The van der Waals surface area contributed by atoms with E-state index in [1.807, 2.05) is 11.8 Å². The predicted molar refractivity (Wildman–Crippen MR) is 68.1 cm³/mol. The van der Waals surface area contributed by atoms with Crippen molar-refractivity contribution in [1.29, 1.82) is 0 Å². The molecule has 16 heavy (non-hydrogen) atoms. The number of hydrogen-bond donors (Lipinski definition) is 1. The van der Waals surface area contributed by atoms with Gasteiger partial charge in [0, 0.05) is 12.3 Å². The second-order valence-corrected chi connectivity index (χ2v) is 6.06. The molecule has 0 bridgehead atoms. The van der Waals surface area contributed by atoms with Gasteiger partial charge in [-0.1, -0.05) is 0 Å². The van der Waals surface area contributed by atoms with Crippen LogP contribution in [0.15, 0.2) is 0 Å². The first-order chi connectivity index (χ1) is 7.73. The lowest BCUT2D eigenvalue weighted by atomic mass is 9.89. The van der Waals surface area contributed by atoms with Crippen molar-refractivity contribution in [3.05, 3.63) is 0 Å². The van der Waals surface area contributed by atoms with Gasteiger partial charge in [0.25, 0.3) is 0 Å². The Labute approximate surface area is 103 Å². The standard InChI is InChI=1S/C12H23NO2S/c1-10(2)14-8-11-12(15-6-5-13-11)4-3-7-16-9-12/h10-11,13H,3-9H2,1-2H3. The van der Waals surface area contributed by atoms with Crippen LogP contribution in [0.5, 0.6) is 0 Å². The molecule has 2 heterocycles. The Morgan fingerprint density at radius 3 is 3.12 bits per heavy atom. The highest BCUT2D eigenvalue weighted by molar-refractivity contribution is 7.99. The number of thioether (sulfide) groups is 1. The van der Waals surface area contributed by atoms with Gasteiger partial charge >= 0.3 is 0 Å². The number of rotatable bonds is 3. The van der Waals surface area contributed by atoms with Crippen LogP contribution in [0.3, 0.4) is 0 Å². The van der Waals surface area contributed by atoms with Crippen molar-refractivity contribution >= 4 is 11.8 Å². The molecule has 0 aromatic carbocycles. The quantitative estimate of drug-likeness (QED) is 0.819. The van der Waals surface area contributed by atoms with E-state index < -0.39 is 0 Å². The average Bonchev–Trinajstić information content (AvgIpc) is 2.29. The normalized spacial score (nSPS) is 35.8. The summed E-state index contributed by atoms with van der Waals surface area (Å²) in [6, 6.07) is 0.372. The van der Waals surface area contributed by atoms with Crippen LogP contribution in [0, 0.1) is 0 Å². The SMILES string of the molecule is CC(C)OCC1NCCOC12CCCSC2. The third-order valence-corrected chi connectivity index (χ3v) is 4.62. The highest BCUT2D eigenvalue weighted by Gasteiger charge is 2.43. The first-order valence-electron chi connectivity index (χ1n) is 6.30. The third-order valence-electron chi connectivity index (χ3n) is 3.35. The van der Waals surface area contributed by atoms with Gasteiger partial charge in [0.1, 0.15) is 0 Å². The molecule has 0 radical (unpaired) electrons. The van der Waals surface area contributed by atoms with E-state index in [0.29, 0.717) is 12.1 Å². The van der Waals surface area contributed by atoms with Crippen LogP contribution in [0.1, 0.15) is 26.7 Å². The molecule has 0 saturated carbocycles. The summed E-state index contributed by atoms with van der Waals surface area (Å²) in [5.41, 5.74) is 0.0378. The van der Waals surface area contributed by atoms with E-state index in [-0.39, 0.29) is 5.60 Å². The smallest absolute Gasteiger partial charge is 0.0947 e. The summed E-state index contributed by atoms with van der Waals surface area (Å²) in [6.45, 7) is 6.76. The molecule has 94 valence electrons. The highest BCUT2D eigenvalue weighted by Crippen LogP contribution is 2.34. The lowest BCUT2D eigenvalue weighted by Gasteiger charge is -2.46. The molecule has 0 aliphatic carbocycles. The summed E-state index contributed by atoms with van der Waals surface area (Å²) in [4.78, 5) is 0. The zero-order chi connectivity index (χ0) is 11.4. The molecule has 1 spiro atoms. The molecule has 2 rings (SSSR count). The van der Waals surface area contributed by atoms with Crippen LogP contribution < -0.4 is 5.32 Å². The van der Waals surface area contributed by atoms with Gasteiger partial charge in [-0.15, -0.1) is 0 Å². The molecule has 2 fully saturated rings. The summed E-state index contributed by atoms with van der Waals surface area (Å²) in [5, 5.41) is 3.57. The minimum absolute atomic E-state index is 0.0378. The largest absolute Gasteiger partial charge is 0.377 e. The van der Waals surface area contributed by atoms with Gasteiger partial charge in [-0.05, 0) is 32.4 Å². The molecule has 2 atom stereocenters. The molecule has 4 heteroatoms. The fourth-order valence-electron chi connectivity index (χ4n) is 2.45. The molecule has 2 aliphatic heterocycles. The molecule has 2 aliphatic rings. The van der Waals surface area contributed by atoms with Gasteiger partial charge in [0.2, 0.25) is 0 Å². The van der Waals surface area contributed by atoms with Crippen molar-refractivity contribution in [3.8, 4) is 0 Å². The van der Waals surface area contributed by atoms with Crippen molar-refractivity contribution in [3.63, 3.8) is 0 Å². The lowest BCUT2D eigenvalue weighted by molar-refractivity contribution is -0.109. The number of morpholine rings is 1. The van der Waals surface area contributed by atoms with E-state index in [2.05, 4.69) is 19.2 Å². The Balaban J connectivity index is 1.95. The van der Waals surface area contributed by atoms with Crippen LogP contribution in [0.2, 0.25) is 0 Å². The van der Waals surface area contributed by atoms with E-state index >= 15 is 0 Å². The van der Waals surface area contributed by atoms with Crippen molar-refractivity contribution in [2.45, 2.75) is 44.4 Å². The molecule has 0 aromatic rings. The molecule has 2 saturated heterocycles. The lowest BCUT2D eigenvalue weighted by Crippen LogP contribution is -2.62. The second-order valence-electron chi connectivity index (χ2n) is 4.96. The second kappa shape index (κ2) is 5.71. The number of hydrogen-bond acceptors (Lipinski definition) is 4. The van der Waals surface area contributed by atoms with Gasteiger partial charge in [0.15, 0.2) is 0 Å². The minimum atomic E-state index is 0.0378. The molecule has 0 amide bonds. The van der Waals surface area contributed by atoms with E-state index in [1.165, 1.54) is 18.6 Å². The first-order valence-corrected chi connectivity index (χ1v) is 7.45. The molecule has 0 aromatic heterocycles. The fraction of sp³-hybridized carbons (Fsp3) is 1.00. The predicted octanol–water partition coefficient (Wildman–Crippen LogP) is 1.67. The summed E-state index contributed by atoms with van der Waals surface area (Å²) in [7, 11) is 0. The van der Waals surface area contributed by atoms with E-state index in [1.54, 1.807) is 0 Å². The molecule has 1 N–H and O–H groups in total. The van der Waals surface area contributed by atoms with Crippen LogP contribution in [-0.4, -0.2) is 49.0 Å².